The zero-order valence-electron chi connectivity index (χ0n) is 10.0. The van der Waals surface area contributed by atoms with Crippen molar-refractivity contribution in [2.24, 2.45) is 0 Å². The highest BCUT2D eigenvalue weighted by molar-refractivity contribution is 9.08. The smallest absolute Gasteiger partial charge is 0.0283 e. The molecule has 0 nitrogen and oxygen atoms in total. The highest BCUT2D eigenvalue weighted by atomic mass is 79.9. The molecule has 0 spiro atoms. The second kappa shape index (κ2) is 4.21. The fourth-order valence-electron chi connectivity index (χ4n) is 1.84. The Labute approximate surface area is 106 Å². The third kappa shape index (κ3) is 2.30. The lowest BCUT2D eigenvalue weighted by molar-refractivity contribution is 0.591. The summed E-state index contributed by atoms with van der Waals surface area (Å²) in [6, 6.07) is 13.4. The van der Waals surface area contributed by atoms with Crippen molar-refractivity contribution in [3.05, 3.63) is 47.5 Å². The van der Waals surface area contributed by atoms with Gasteiger partial charge >= 0.3 is 0 Å². The Balaban J connectivity index is 2.56. The predicted octanol–water partition coefficient (Wildman–Crippen LogP) is 5.03. The maximum atomic E-state index is 3.49. The lowest BCUT2D eigenvalue weighted by Crippen LogP contribution is -2.10. The summed E-state index contributed by atoms with van der Waals surface area (Å²) in [4.78, 5) is 0. The SMILES string of the molecule is CC(C)(C)c1ccc2cc(CBr)ccc2c1. The Morgan fingerprint density at radius 3 is 2.19 bits per heavy atom. The topological polar surface area (TPSA) is 0 Å². The molecule has 0 aromatic heterocycles. The zero-order chi connectivity index (χ0) is 11.8. The predicted molar refractivity (Wildman–Crippen MR) is 75.3 cm³/mol. The van der Waals surface area contributed by atoms with Gasteiger partial charge in [-0.2, -0.15) is 0 Å². The maximum Gasteiger partial charge on any atom is 0.0283 e. The van der Waals surface area contributed by atoms with Gasteiger partial charge in [-0.3, -0.25) is 0 Å². The third-order valence-corrected chi connectivity index (χ3v) is 3.57. The molecule has 0 saturated carbocycles. The molecular weight excluding hydrogens is 260 g/mol. The summed E-state index contributed by atoms with van der Waals surface area (Å²) < 4.78 is 0. The molecule has 0 saturated heterocycles. The number of alkyl halides is 1. The van der Waals surface area contributed by atoms with Gasteiger partial charge in [0.25, 0.3) is 0 Å². The molecule has 0 aliphatic rings. The summed E-state index contributed by atoms with van der Waals surface area (Å²) in [5, 5.41) is 3.58. The molecule has 0 N–H and O–H groups in total. The average Bonchev–Trinajstić information content (AvgIpc) is 2.26. The van der Waals surface area contributed by atoms with Crippen molar-refractivity contribution in [2.75, 3.05) is 0 Å². The lowest BCUT2D eigenvalue weighted by Gasteiger charge is -2.19. The Morgan fingerprint density at radius 2 is 1.56 bits per heavy atom. The Bertz CT molecular complexity index is 506. The van der Waals surface area contributed by atoms with Crippen LogP contribution in [-0.2, 0) is 10.7 Å². The molecule has 0 unspecified atom stereocenters. The van der Waals surface area contributed by atoms with Crippen molar-refractivity contribution in [3.63, 3.8) is 0 Å². The number of hydrogen-bond donors (Lipinski definition) is 0. The fourth-order valence-corrected chi connectivity index (χ4v) is 2.19. The van der Waals surface area contributed by atoms with Crippen LogP contribution in [0.1, 0.15) is 31.9 Å². The van der Waals surface area contributed by atoms with Gasteiger partial charge in [-0.05, 0) is 27.3 Å². The van der Waals surface area contributed by atoms with E-state index in [-0.39, 0.29) is 5.41 Å². The van der Waals surface area contributed by atoms with E-state index < -0.39 is 0 Å². The van der Waals surface area contributed by atoms with Gasteiger partial charge in [0.1, 0.15) is 0 Å². The first-order valence-electron chi connectivity index (χ1n) is 5.60. The van der Waals surface area contributed by atoms with E-state index in [1.165, 1.54) is 21.9 Å². The Morgan fingerprint density at radius 1 is 0.938 bits per heavy atom. The van der Waals surface area contributed by atoms with Crippen LogP contribution in [0.15, 0.2) is 36.4 Å². The number of rotatable bonds is 1. The van der Waals surface area contributed by atoms with Crippen LogP contribution in [0.4, 0.5) is 0 Å². The van der Waals surface area contributed by atoms with E-state index in [4.69, 9.17) is 0 Å². The van der Waals surface area contributed by atoms with E-state index in [1.54, 1.807) is 0 Å². The molecule has 2 aromatic carbocycles. The molecule has 0 amide bonds. The van der Waals surface area contributed by atoms with Crippen LogP contribution < -0.4 is 0 Å². The van der Waals surface area contributed by atoms with Crippen molar-refractivity contribution >= 4 is 26.7 Å². The molecule has 0 radical (unpaired) electrons. The highest BCUT2D eigenvalue weighted by Crippen LogP contribution is 2.26. The molecule has 0 bridgehead atoms. The second-order valence-electron chi connectivity index (χ2n) is 5.28. The molecule has 2 rings (SSSR count). The van der Waals surface area contributed by atoms with E-state index in [2.05, 4.69) is 73.1 Å². The van der Waals surface area contributed by atoms with Crippen molar-refractivity contribution in [1.82, 2.24) is 0 Å². The van der Waals surface area contributed by atoms with Gasteiger partial charge in [0.2, 0.25) is 0 Å². The molecule has 1 heteroatoms. The van der Waals surface area contributed by atoms with Crippen molar-refractivity contribution in [3.8, 4) is 0 Å². The standard InChI is InChI=1S/C15H17Br/c1-15(2,3)14-7-6-12-8-11(10-16)4-5-13(12)9-14/h4-9H,10H2,1-3H3. The van der Waals surface area contributed by atoms with E-state index in [9.17, 15) is 0 Å². The summed E-state index contributed by atoms with van der Waals surface area (Å²) in [7, 11) is 0. The first-order chi connectivity index (χ1) is 7.50. The fraction of sp³-hybridized carbons (Fsp3) is 0.333. The summed E-state index contributed by atoms with van der Waals surface area (Å²) in [6.07, 6.45) is 0. The van der Waals surface area contributed by atoms with Crippen molar-refractivity contribution < 1.29 is 0 Å². The van der Waals surface area contributed by atoms with Crippen LogP contribution in [-0.4, -0.2) is 0 Å². The molecule has 0 aliphatic carbocycles. The van der Waals surface area contributed by atoms with Crippen LogP contribution in [0.2, 0.25) is 0 Å². The summed E-state index contributed by atoms with van der Waals surface area (Å²) in [5.41, 5.74) is 2.95. The van der Waals surface area contributed by atoms with Gasteiger partial charge in [0.05, 0.1) is 0 Å². The number of fused-ring (bicyclic) bond motifs is 1. The van der Waals surface area contributed by atoms with Crippen molar-refractivity contribution in [1.29, 1.82) is 0 Å². The quantitative estimate of drug-likeness (QED) is 0.641. The molecule has 0 atom stereocenters. The molecular formula is C15H17Br. The van der Waals surface area contributed by atoms with Gasteiger partial charge in [-0.25, -0.2) is 0 Å². The zero-order valence-corrected chi connectivity index (χ0v) is 11.6. The van der Waals surface area contributed by atoms with Gasteiger partial charge in [-0.1, -0.05) is 73.1 Å². The average molecular weight is 277 g/mol. The summed E-state index contributed by atoms with van der Waals surface area (Å²) >= 11 is 3.49. The minimum Gasteiger partial charge on any atom is -0.0876 e. The van der Waals surface area contributed by atoms with E-state index >= 15 is 0 Å². The first kappa shape index (κ1) is 11.7. The Kier molecular flexibility index (Phi) is 3.07. The van der Waals surface area contributed by atoms with Gasteiger partial charge in [-0.15, -0.1) is 0 Å². The number of benzene rings is 2. The van der Waals surface area contributed by atoms with Crippen LogP contribution in [0.3, 0.4) is 0 Å². The molecule has 16 heavy (non-hydrogen) atoms. The van der Waals surface area contributed by atoms with E-state index in [1.807, 2.05) is 0 Å². The van der Waals surface area contributed by atoms with Crippen molar-refractivity contribution in [2.45, 2.75) is 31.5 Å². The Hall–Kier alpha value is -0.820. The summed E-state index contributed by atoms with van der Waals surface area (Å²) in [6.45, 7) is 6.75. The third-order valence-electron chi connectivity index (χ3n) is 2.92. The van der Waals surface area contributed by atoms with Crippen LogP contribution in [0, 0.1) is 0 Å². The van der Waals surface area contributed by atoms with Crippen LogP contribution in [0.5, 0.6) is 0 Å². The number of hydrogen-bond acceptors (Lipinski definition) is 0. The first-order valence-corrected chi connectivity index (χ1v) is 6.72. The number of halogens is 1. The van der Waals surface area contributed by atoms with Crippen LogP contribution >= 0.6 is 15.9 Å². The minimum atomic E-state index is 0.224. The minimum absolute atomic E-state index is 0.224. The summed E-state index contributed by atoms with van der Waals surface area (Å²) in [5.74, 6) is 0. The second-order valence-corrected chi connectivity index (χ2v) is 5.84. The highest BCUT2D eigenvalue weighted by Gasteiger charge is 2.13. The molecule has 84 valence electrons. The monoisotopic (exact) mass is 276 g/mol. The van der Waals surface area contributed by atoms with Gasteiger partial charge < -0.3 is 0 Å². The van der Waals surface area contributed by atoms with Crippen LogP contribution in [0.25, 0.3) is 10.8 Å². The molecule has 2 aromatic rings. The molecule has 0 fully saturated rings. The lowest BCUT2D eigenvalue weighted by atomic mass is 9.86. The van der Waals surface area contributed by atoms with Gasteiger partial charge in [0, 0.05) is 5.33 Å². The molecule has 0 aliphatic heterocycles. The normalized spacial score (nSPS) is 12.0. The molecule has 0 heterocycles. The largest absolute Gasteiger partial charge is 0.0876 e. The van der Waals surface area contributed by atoms with E-state index in [0.29, 0.717) is 0 Å². The van der Waals surface area contributed by atoms with E-state index in [0.717, 1.165) is 5.33 Å². The maximum absolute atomic E-state index is 3.49. The van der Waals surface area contributed by atoms with Gasteiger partial charge in [0.15, 0.2) is 0 Å².